The van der Waals surface area contributed by atoms with Crippen LogP contribution in [0.15, 0.2) is 29.3 Å². The molecule has 1 saturated heterocycles. The van der Waals surface area contributed by atoms with E-state index in [4.69, 9.17) is 10.00 Å². The van der Waals surface area contributed by atoms with E-state index in [-0.39, 0.29) is 36.1 Å². The second-order valence-corrected chi connectivity index (χ2v) is 6.96. The van der Waals surface area contributed by atoms with Crippen LogP contribution in [-0.2, 0) is 11.3 Å². The standard InChI is InChI=1S/C18H25N5O2.HI/c1-18(2,3)25-17(24)23-11-15(12-23)22-16(20-4)21-10-14-7-5-6-13(8-14)9-19;/h5-8,15H,10-12H2,1-4H3,(H2,20,21,22);1H. The van der Waals surface area contributed by atoms with Crippen LogP contribution in [0.2, 0.25) is 0 Å². The fraction of sp³-hybridized carbons (Fsp3) is 0.500. The number of halogens is 1. The van der Waals surface area contributed by atoms with Gasteiger partial charge in [0.15, 0.2) is 5.96 Å². The molecule has 0 atom stereocenters. The highest BCUT2D eigenvalue weighted by Gasteiger charge is 2.34. The molecule has 0 saturated carbocycles. The number of nitrogens with one attached hydrogen (secondary N) is 2. The van der Waals surface area contributed by atoms with Gasteiger partial charge in [-0.15, -0.1) is 24.0 Å². The Labute approximate surface area is 171 Å². The van der Waals surface area contributed by atoms with Gasteiger partial charge in [-0.25, -0.2) is 4.79 Å². The molecule has 0 spiro atoms. The Morgan fingerprint density at radius 3 is 2.69 bits per heavy atom. The van der Waals surface area contributed by atoms with Crippen LogP contribution in [0.5, 0.6) is 0 Å². The van der Waals surface area contributed by atoms with Crippen LogP contribution in [-0.4, -0.2) is 48.7 Å². The van der Waals surface area contributed by atoms with E-state index in [2.05, 4.69) is 21.7 Å². The van der Waals surface area contributed by atoms with Crippen molar-refractivity contribution >= 4 is 36.0 Å². The van der Waals surface area contributed by atoms with E-state index in [0.29, 0.717) is 31.2 Å². The summed E-state index contributed by atoms with van der Waals surface area (Å²) in [5.41, 5.74) is 1.16. The van der Waals surface area contributed by atoms with Gasteiger partial charge in [-0.3, -0.25) is 4.99 Å². The first kappa shape index (κ1) is 22.0. The lowest BCUT2D eigenvalue weighted by molar-refractivity contribution is 0.00701. The Hall–Kier alpha value is -2.02. The molecule has 0 aromatic heterocycles. The molecule has 26 heavy (non-hydrogen) atoms. The van der Waals surface area contributed by atoms with Gasteiger partial charge in [0.2, 0.25) is 0 Å². The van der Waals surface area contributed by atoms with E-state index in [1.165, 1.54) is 0 Å². The Balaban J connectivity index is 0.00000338. The number of carbonyl (C=O) groups is 1. The predicted octanol–water partition coefficient (Wildman–Crippen LogP) is 2.46. The summed E-state index contributed by atoms with van der Waals surface area (Å²) in [6.45, 7) is 7.30. The molecule has 1 amide bonds. The van der Waals surface area contributed by atoms with E-state index in [1.807, 2.05) is 39.0 Å². The molecular weight excluding hydrogens is 445 g/mol. The monoisotopic (exact) mass is 471 g/mol. The topological polar surface area (TPSA) is 89.8 Å². The van der Waals surface area contributed by atoms with Gasteiger partial charge in [0.25, 0.3) is 0 Å². The van der Waals surface area contributed by atoms with E-state index in [9.17, 15) is 4.79 Å². The molecule has 142 valence electrons. The summed E-state index contributed by atoms with van der Waals surface area (Å²) in [4.78, 5) is 17.8. The zero-order valence-corrected chi connectivity index (χ0v) is 17.9. The van der Waals surface area contributed by atoms with Gasteiger partial charge in [-0.1, -0.05) is 12.1 Å². The minimum atomic E-state index is -0.481. The summed E-state index contributed by atoms with van der Waals surface area (Å²) in [7, 11) is 1.70. The highest BCUT2D eigenvalue weighted by molar-refractivity contribution is 14.0. The fourth-order valence-electron chi connectivity index (χ4n) is 2.37. The molecule has 0 unspecified atom stereocenters. The number of ether oxygens (including phenoxy) is 1. The molecule has 1 aromatic rings. The maximum atomic E-state index is 11.9. The van der Waals surface area contributed by atoms with Crippen molar-refractivity contribution in [2.45, 2.75) is 39.0 Å². The minimum Gasteiger partial charge on any atom is -0.444 e. The van der Waals surface area contributed by atoms with Gasteiger partial charge in [-0.2, -0.15) is 5.26 Å². The number of amides is 1. The van der Waals surface area contributed by atoms with Crippen molar-refractivity contribution in [1.29, 1.82) is 5.26 Å². The normalized spacial score (nSPS) is 14.6. The first-order valence-electron chi connectivity index (χ1n) is 8.25. The number of hydrogen-bond donors (Lipinski definition) is 2. The third-order valence-electron chi connectivity index (χ3n) is 3.61. The number of hydrogen-bond acceptors (Lipinski definition) is 4. The molecule has 0 aliphatic carbocycles. The number of nitriles is 1. The molecule has 2 rings (SSSR count). The lowest BCUT2D eigenvalue weighted by atomic mass is 10.1. The van der Waals surface area contributed by atoms with Gasteiger partial charge in [-0.05, 0) is 38.5 Å². The number of rotatable bonds is 3. The second kappa shape index (κ2) is 9.62. The summed E-state index contributed by atoms with van der Waals surface area (Å²) in [6.07, 6.45) is -0.290. The molecule has 1 fully saturated rings. The Morgan fingerprint density at radius 1 is 1.42 bits per heavy atom. The summed E-state index contributed by atoms with van der Waals surface area (Å²) in [5.74, 6) is 0.663. The average Bonchev–Trinajstić information content (AvgIpc) is 2.51. The van der Waals surface area contributed by atoms with E-state index < -0.39 is 5.60 Å². The Kier molecular flexibility index (Phi) is 8.14. The first-order valence-corrected chi connectivity index (χ1v) is 8.25. The quantitative estimate of drug-likeness (QED) is 0.402. The molecule has 8 heteroatoms. The van der Waals surface area contributed by atoms with Crippen molar-refractivity contribution in [2.75, 3.05) is 20.1 Å². The van der Waals surface area contributed by atoms with Crippen molar-refractivity contribution in [3.05, 3.63) is 35.4 Å². The van der Waals surface area contributed by atoms with Gasteiger partial charge >= 0.3 is 6.09 Å². The zero-order chi connectivity index (χ0) is 18.4. The third kappa shape index (κ3) is 6.71. The number of likely N-dealkylation sites (tertiary alicyclic amines) is 1. The zero-order valence-electron chi connectivity index (χ0n) is 15.6. The summed E-state index contributed by atoms with van der Waals surface area (Å²) < 4.78 is 5.34. The van der Waals surface area contributed by atoms with Gasteiger partial charge in [0, 0.05) is 26.7 Å². The lowest BCUT2D eigenvalue weighted by Crippen LogP contribution is -2.63. The highest BCUT2D eigenvalue weighted by Crippen LogP contribution is 2.15. The summed E-state index contributed by atoms with van der Waals surface area (Å²) in [5, 5.41) is 15.4. The maximum absolute atomic E-state index is 11.9. The second-order valence-electron chi connectivity index (χ2n) is 6.96. The number of aliphatic imine (C=N–C) groups is 1. The molecule has 1 aliphatic heterocycles. The molecule has 0 radical (unpaired) electrons. The minimum absolute atomic E-state index is 0. The van der Waals surface area contributed by atoms with Crippen LogP contribution in [0.4, 0.5) is 4.79 Å². The Bertz CT molecular complexity index is 688. The van der Waals surface area contributed by atoms with Crippen LogP contribution in [0, 0.1) is 11.3 Å². The van der Waals surface area contributed by atoms with Crippen molar-refractivity contribution in [3.8, 4) is 6.07 Å². The van der Waals surface area contributed by atoms with E-state index in [1.54, 1.807) is 18.0 Å². The SMILES string of the molecule is CN=C(NCc1cccc(C#N)c1)NC1CN(C(=O)OC(C)(C)C)C1.I. The predicted molar refractivity (Wildman–Crippen MR) is 112 cm³/mol. The average molecular weight is 471 g/mol. The molecule has 7 nitrogen and oxygen atoms in total. The summed E-state index contributed by atoms with van der Waals surface area (Å²) in [6, 6.07) is 9.70. The van der Waals surface area contributed by atoms with Crippen molar-refractivity contribution in [3.63, 3.8) is 0 Å². The first-order chi connectivity index (χ1) is 11.8. The van der Waals surface area contributed by atoms with Crippen LogP contribution < -0.4 is 10.6 Å². The molecule has 1 heterocycles. The third-order valence-corrected chi connectivity index (χ3v) is 3.61. The van der Waals surface area contributed by atoms with Crippen LogP contribution in [0.25, 0.3) is 0 Å². The van der Waals surface area contributed by atoms with Crippen molar-refractivity contribution in [2.24, 2.45) is 4.99 Å². The lowest BCUT2D eigenvalue weighted by Gasteiger charge is -2.40. The molecule has 1 aliphatic rings. The molecule has 2 N–H and O–H groups in total. The number of guanidine groups is 1. The number of nitrogens with zero attached hydrogens (tertiary/aromatic N) is 3. The molecule has 0 bridgehead atoms. The van der Waals surface area contributed by atoms with Crippen molar-refractivity contribution in [1.82, 2.24) is 15.5 Å². The largest absolute Gasteiger partial charge is 0.444 e. The van der Waals surface area contributed by atoms with E-state index >= 15 is 0 Å². The van der Waals surface area contributed by atoms with Gasteiger partial charge in [0.05, 0.1) is 17.7 Å². The Morgan fingerprint density at radius 2 is 2.12 bits per heavy atom. The van der Waals surface area contributed by atoms with E-state index in [0.717, 1.165) is 5.56 Å². The molecule has 1 aromatic carbocycles. The van der Waals surface area contributed by atoms with Crippen LogP contribution in [0.3, 0.4) is 0 Å². The van der Waals surface area contributed by atoms with Gasteiger partial charge in [0.1, 0.15) is 5.60 Å². The summed E-state index contributed by atoms with van der Waals surface area (Å²) >= 11 is 0. The van der Waals surface area contributed by atoms with Crippen LogP contribution in [0.1, 0.15) is 31.9 Å². The maximum Gasteiger partial charge on any atom is 0.410 e. The number of benzene rings is 1. The number of carbonyl (C=O) groups excluding carboxylic acids is 1. The van der Waals surface area contributed by atoms with Gasteiger partial charge < -0.3 is 20.3 Å². The highest BCUT2D eigenvalue weighted by atomic mass is 127. The van der Waals surface area contributed by atoms with Crippen LogP contribution >= 0.6 is 24.0 Å². The molecular formula is C18H26IN5O2. The smallest absolute Gasteiger partial charge is 0.410 e. The van der Waals surface area contributed by atoms with Crippen molar-refractivity contribution < 1.29 is 9.53 Å². The fourth-order valence-corrected chi connectivity index (χ4v) is 2.37.